The van der Waals surface area contributed by atoms with E-state index in [-0.39, 0.29) is 3.84 Å². The summed E-state index contributed by atoms with van der Waals surface area (Å²) in [4.78, 5) is 11.1. The molecule has 2 nitrogen and oxygen atoms in total. The summed E-state index contributed by atoms with van der Waals surface area (Å²) in [5, 5.41) is 0. The van der Waals surface area contributed by atoms with Crippen molar-refractivity contribution in [2.45, 2.75) is 98.9 Å². The maximum atomic E-state index is 13.4. The van der Waals surface area contributed by atoms with Gasteiger partial charge in [0, 0.05) is 0 Å². The standard InChI is InChI=1S/C8H10FO2.C4H10.C4H9.C3H8.C2H6.Sn/c1-3-11-8(10)6-7(2)4-5-9;2*1-3-4-2;1-3-2;1-2;/h4,6H,3H2,1-2H3;3-4H2,1-2H3;1,3-4H2,2H3;3H2,1-2H3;1-2H3;/b5-4?,7-6+;;;;;. The van der Waals surface area contributed by atoms with E-state index in [9.17, 15) is 9.18 Å². The molecule has 0 aromatic rings. The van der Waals surface area contributed by atoms with Crippen LogP contribution < -0.4 is 0 Å². The number of hydrogen-bond donors (Lipinski definition) is 0. The minimum atomic E-state index is -1.03. The van der Waals surface area contributed by atoms with Gasteiger partial charge in [0.05, 0.1) is 0 Å². The molecular formula is C21H43FO2Sn. The molecule has 0 aromatic heterocycles. The molecule has 2 radical (unpaired) electrons. The molecule has 0 aromatic carbocycles. The van der Waals surface area contributed by atoms with E-state index in [1.807, 2.05) is 13.8 Å². The molecule has 0 spiro atoms. The fourth-order valence-corrected chi connectivity index (χ4v) is 4.18. The third kappa shape index (κ3) is 40.0. The Bertz CT molecular complexity index is 311. The SMILES string of the molecule is CC.CCC.CCCC.CCC[CH2][Sn]/[C](F)=C/C(C)=C/C(=O)OCC. The van der Waals surface area contributed by atoms with Gasteiger partial charge in [0.15, 0.2) is 0 Å². The van der Waals surface area contributed by atoms with Crippen LogP contribution in [-0.4, -0.2) is 33.7 Å². The summed E-state index contributed by atoms with van der Waals surface area (Å²) in [6, 6.07) is 0. The third-order valence-corrected chi connectivity index (χ3v) is 5.41. The number of unbranched alkanes of at least 4 members (excludes halogenated alkanes) is 2. The number of carbonyl (C=O) groups is 1. The van der Waals surface area contributed by atoms with Crippen LogP contribution in [-0.2, 0) is 9.53 Å². The van der Waals surface area contributed by atoms with Crippen molar-refractivity contribution < 1.29 is 13.9 Å². The molecule has 0 bridgehead atoms. The minimum absolute atomic E-state index is 0.00454. The van der Waals surface area contributed by atoms with Crippen LogP contribution in [0.2, 0.25) is 4.44 Å². The molecule has 0 rings (SSSR count). The number of carbonyl (C=O) groups excluding carboxylic acids is 1. The second-order valence-electron chi connectivity index (χ2n) is 5.12. The molecule has 0 saturated heterocycles. The Morgan fingerprint density at radius 1 is 0.960 bits per heavy atom. The van der Waals surface area contributed by atoms with Crippen molar-refractivity contribution in [2.75, 3.05) is 6.61 Å². The zero-order chi connectivity index (χ0) is 20.5. The van der Waals surface area contributed by atoms with Gasteiger partial charge in [-0.05, 0) is 0 Å². The average molecular weight is 465 g/mol. The molecule has 0 heterocycles. The van der Waals surface area contributed by atoms with Crippen LogP contribution in [0.5, 0.6) is 0 Å². The van der Waals surface area contributed by atoms with Gasteiger partial charge in [0.2, 0.25) is 0 Å². The molecule has 150 valence electrons. The fraction of sp³-hybridized carbons (Fsp3) is 0.762. The van der Waals surface area contributed by atoms with Crippen LogP contribution in [0, 0.1) is 0 Å². The van der Waals surface area contributed by atoms with Crippen LogP contribution >= 0.6 is 0 Å². The molecule has 0 saturated carbocycles. The van der Waals surface area contributed by atoms with Crippen molar-refractivity contribution in [2.24, 2.45) is 0 Å². The van der Waals surface area contributed by atoms with Gasteiger partial charge in [0.1, 0.15) is 0 Å². The number of halogens is 1. The molecule has 25 heavy (non-hydrogen) atoms. The van der Waals surface area contributed by atoms with Gasteiger partial charge in [-0.25, -0.2) is 0 Å². The van der Waals surface area contributed by atoms with Crippen molar-refractivity contribution in [3.8, 4) is 0 Å². The number of hydrogen-bond acceptors (Lipinski definition) is 2. The van der Waals surface area contributed by atoms with E-state index in [0.717, 1.165) is 17.3 Å². The molecule has 0 aliphatic rings. The predicted octanol–water partition coefficient (Wildman–Crippen LogP) is 7.48. The van der Waals surface area contributed by atoms with E-state index < -0.39 is 27.1 Å². The van der Waals surface area contributed by atoms with Gasteiger partial charge in [0.25, 0.3) is 0 Å². The van der Waals surface area contributed by atoms with Crippen LogP contribution in [0.1, 0.15) is 94.4 Å². The van der Waals surface area contributed by atoms with Gasteiger partial charge in [-0.3, -0.25) is 0 Å². The monoisotopic (exact) mass is 466 g/mol. The van der Waals surface area contributed by atoms with E-state index in [0.29, 0.717) is 12.2 Å². The number of esters is 1. The van der Waals surface area contributed by atoms with E-state index >= 15 is 0 Å². The number of rotatable bonds is 8. The van der Waals surface area contributed by atoms with Gasteiger partial charge in [-0.2, -0.15) is 0 Å². The first-order valence-corrected chi connectivity index (χ1v) is 13.3. The Labute approximate surface area is 167 Å². The normalized spacial score (nSPS) is 10.3. The van der Waals surface area contributed by atoms with Gasteiger partial charge in [-0.15, -0.1) is 0 Å². The van der Waals surface area contributed by atoms with Gasteiger partial charge >= 0.3 is 107 Å². The summed E-state index contributed by atoms with van der Waals surface area (Å²) >= 11 is -1.03. The second kappa shape index (κ2) is 31.4. The average Bonchev–Trinajstić information content (AvgIpc) is 2.58. The topological polar surface area (TPSA) is 26.3 Å². The Kier molecular flexibility index (Phi) is 40.7. The molecular weight excluding hydrogens is 422 g/mol. The van der Waals surface area contributed by atoms with E-state index in [4.69, 9.17) is 4.74 Å². The molecule has 0 unspecified atom stereocenters. The van der Waals surface area contributed by atoms with Gasteiger partial charge < -0.3 is 0 Å². The third-order valence-electron chi connectivity index (χ3n) is 2.31. The summed E-state index contributed by atoms with van der Waals surface area (Å²) in [5.41, 5.74) is 0.633. The first kappa shape index (κ1) is 32.4. The van der Waals surface area contributed by atoms with Crippen molar-refractivity contribution in [1.82, 2.24) is 0 Å². The first-order valence-electron chi connectivity index (χ1n) is 9.89. The van der Waals surface area contributed by atoms with Crippen molar-refractivity contribution in [3.63, 3.8) is 0 Å². The molecule has 4 heteroatoms. The fourth-order valence-electron chi connectivity index (χ4n) is 1.05. The summed E-state index contributed by atoms with van der Waals surface area (Å²) in [5.74, 6) is -0.400. The molecule has 0 aliphatic heterocycles. The summed E-state index contributed by atoms with van der Waals surface area (Å²) in [6.07, 6.45) is 8.92. The van der Waals surface area contributed by atoms with E-state index in [2.05, 4.69) is 34.6 Å². The van der Waals surface area contributed by atoms with Crippen LogP contribution in [0.25, 0.3) is 0 Å². The quantitative estimate of drug-likeness (QED) is 0.122. The Morgan fingerprint density at radius 3 is 1.80 bits per heavy atom. The Morgan fingerprint density at radius 2 is 1.44 bits per heavy atom. The maximum absolute atomic E-state index is 13.4. The molecule has 0 aliphatic carbocycles. The summed E-state index contributed by atoms with van der Waals surface area (Å²) in [6.45, 7) is 18.5. The molecule has 0 fully saturated rings. The van der Waals surface area contributed by atoms with Crippen molar-refractivity contribution in [1.29, 1.82) is 0 Å². The van der Waals surface area contributed by atoms with Crippen molar-refractivity contribution >= 4 is 27.1 Å². The van der Waals surface area contributed by atoms with Crippen molar-refractivity contribution in [3.05, 3.63) is 21.6 Å². The summed E-state index contributed by atoms with van der Waals surface area (Å²) in [7, 11) is 0. The molecule has 0 atom stereocenters. The second-order valence-corrected chi connectivity index (χ2v) is 8.92. The van der Waals surface area contributed by atoms with Crippen LogP contribution in [0.3, 0.4) is 0 Å². The predicted molar refractivity (Wildman–Crippen MR) is 113 cm³/mol. The number of ether oxygens (including phenoxy) is 1. The molecule has 0 amide bonds. The van der Waals surface area contributed by atoms with Crippen LogP contribution in [0.4, 0.5) is 4.39 Å². The number of allylic oxidation sites excluding steroid dienone is 2. The molecule has 0 N–H and O–H groups in total. The van der Waals surface area contributed by atoms with Crippen LogP contribution in [0.15, 0.2) is 21.6 Å². The Balaban J connectivity index is -0.000000204. The first-order chi connectivity index (χ1) is 11.9. The zero-order valence-electron chi connectivity index (χ0n) is 18.3. The van der Waals surface area contributed by atoms with E-state index in [1.54, 1.807) is 13.8 Å². The zero-order valence-corrected chi connectivity index (χ0v) is 21.2. The Hall–Kier alpha value is -0.321. The van der Waals surface area contributed by atoms with Gasteiger partial charge in [-0.1, -0.05) is 60.8 Å². The van der Waals surface area contributed by atoms with E-state index in [1.165, 1.54) is 31.4 Å². The summed E-state index contributed by atoms with van der Waals surface area (Å²) < 4.78 is 19.1.